The third kappa shape index (κ3) is 2.58. The molecule has 1 aromatic rings. The number of nitrogens with zero attached hydrogens (tertiary/aromatic N) is 2. The van der Waals surface area contributed by atoms with Gasteiger partial charge in [0.15, 0.2) is 0 Å². The van der Waals surface area contributed by atoms with Crippen molar-refractivity contribution >= 4 is 17.7 Å². The van der Waals surface area contributed by atoms with Crippen LogP contribution < -0.4 is 0 Å². The molecule has 1 aromatic heterocycles. The Morgan fingerprint density at radius 2 is 2.62 bits per heavy atom. The number of aromatic nitrogens is 2. The molecule has 2 heterocycles. The van der Waals surface area contributed by atoms with Gasteiger partial charge < -0.3 is 4.90 Å². The molecule has 1 N–H and O–H groups in total. The predicted octanol–water partition coefficient (Wildman–Crippen LogP) is 1.48. The average molecular weight is 239 g/mol. The molecule has 1 amide bonds. The van der Waals surface area contributed by atoms with E-state index in [1.165, 1.54) is 0 Å². The smallest absolute Gasteiger partial charge is 0.232 e. The van der Waals surface area contributed by atoms with Crippen LogP contribution >= 0.6 is 11.8 Å². The van der Waals surface area contributed by atoms with Crippen LogP contribution in [0.3, 0.4) is 0 Å². The van der Waals surface area contributed by atoms with Gasteiger partial charge in [0.2, 0.25) is 5.91 Å². The lowest BCUT2D eigenvalue weighted by molar-refractivity contribution is -0.129. The maximum Gasteiger partial charge on any atom is 0.232 e. The Labute approximate surface area is 99.8 Å². The van der Waals surface area contributed by atoms with Crippen molar-refractivity contribution in [2.24, 2.45) is 0 Å². The minimum Gasteiger partial charge on any atom is -0.341 e. The van der Waals surface area contributed by atoms with Gasteiger partial charge in [0.25, 0.3) is 0 Å². The summed E-state index contributed by atoms with van der Waals surface area (Å²) < 4.78 is 0. The maximum atomic E-state index is 11.8. The molecule has 0 bridgehead atoms. The van der Waals surface area contributed by atoms with E-state index in [1.807, 2.05) is 17.2 Å². The van der Waals surface area contributed by atoms with Gasteiger partial charge >= 0.3 is 0 Å². The number of rotatable bonds is 3. The van der Waals surface area contributed by atoms with Crippen LogP contribution in [0, 0.1) is 0 Å². The second kappa shape index (κ2) is 5.39. The fourth-order valence-electron chi connectivity index (χ4n) is 2.17. The number of hydrogen-bond donors (Lipinski definition) is 1. The Kier molecular flexibility index (Phi) is 3.88. The van der Waals surface area contributed by atoms with Crippen molar-refractivity contribution in [1.29, 1.82) is 0 Å². The SMILES string of the molecule is CSCC(=O)N1CCC[C@H](c2ccn[nH]2)C1. The number of H-pyrrole nitrogens is 1. The predicted molar refractivity (Wildman–Crippen MR) is 65.5 cm³/mol. The summed E-state index contributed by atoms with van der Waals surface area (Å²) in [6.07, 6.45) is 5.97. The van der Waals surface area contributed by atoms with Gasteiger partial charge in [-0.2, -0.15) is 16.9 Å². The van der Waals surface area contributed by atoms with Crippen LogP contribution in [0.5, 0.6) is 0 Å². The van der Waals surface area contributed by atoms with E-state index in [1.54, 1.807) is 18.0 Å². The Morgan fingerprint density at radius 1 is 1.75 bits per heavy atom. The summed E-state index contributed by atoms with van der Waals surface area (Å²) in [4.78, 5) is 13.8. The van der Waals surface area contributed by atoms with Crippen LogP contribution in [0.15, 0.2) is 12.3 Å². The topological polar surface area (TPSA) is 49.0 Å². The number of nitrogens with one attached hydrogen (secondary N) is 1. The van der Waals surface area contributed by atoms with E-state index in [-0.39, 0.29) is 5.91 Å². The highest BCUT2D eigenvalue weighted by Gasteiger charge is 2.24. The van der Waals surface area contributed by atoms with Crippen LogP contribution in [-0.4, -0.2) is 46.1 Å². The van der Waals surface area contributed by atoms with E-state index < -0.39 is 0 Å². The molecule has 88 valence electrons. The van der Waals surface area contributed by atoms with Crippen LogP contribution in [0.4, 0.5) is 0 Å². The monoisotopic (exact) mass is 239 g/mol. The summed E-state index contributed by atoms with van der Waals surface area (Å²) in [5.74, 6) is 1.29. The van der Waals surface area contributed by atoms with E-state index >= 15 is 0 Å². The van der Waals surface area contributed by atoms with Crippen molar-refractivity contribution in [3.8, 4) is 0 Å². The Bertz CT molecular complexity index is 339. The lowest BCUT2D eigenvalue weighted by Crippen LogP contribution is -2.40. The molecule has 16 heavy (non-hydrogen) atoms. The molecule has 5 heteroatoms. The summed E-state index contributed by atoms with van der Waals surface area (Å²) in [6, 6.07) is 2.01. The third-order valence-electron chi connectivity index (χ3n) is 3.00. The number of hydrogen-bond acceptors (Lipinski definition) is 3. The molecule has 1 aliphatic heterocycles. The molecule has 1 atom stereocenters. The Balaban J connectivity index is 1.96. The first-order valence-corrected chi connectivity index (χ1v) is 6.96. The first-order valence-electron chi connectivity index (χ1n) is 5.57. The maximum absolute atomic E-state index is 11.8. The molecule has 1 aliphatic rings. The zero-order valence-electron chi connectivity index (χ0n) is 9.48. The van der Waals surface area contributed by atoms with Gasteiger partial charge in [0.05, 0.1) is 5.75 Å². The van der Waals surface area contributed by atoms with Gasteiger partial charge in [0.1, 0.15) is 0 Å². The average Bonchev–Trinajstić information content (AvgIpc) is 2.83. The lowest BCUT2D eigenvalue weighted by atomic mass is 9.95. The molecule has 0 saturated carbocycles. The van der Waals surface area contributed by atoms with Crippen molar-refractivity contribution in [3.05, 3.63) is 18.0 Å². The van der Waals surface area contributed by atoms with Crippen LogP contribution in [-0.2, 0) is 4.79 Å². The van der Waals surface area contributed by atoms with Crippen LogP contribution in [0.1, 0.15) is 24.5 Å². The van der Waals surface area contributed by atoms with Crippen molar-refractivity contribution in [2.75, 3.05) is 25.1 Å². The second-order valence-corrected chi connectivity index (χ2v) is 4.99. The number of aromatic amines is 1. The molecule has 2 rings (SSSR count). The summed E-state index contributed by atoms with van der Waals surface area (Å²) >= 11 is 1.59. The normalized spacial score (nSPS) is 21.1. The van der Waals surface area contributed by atoms with Crippen molar-refractivity contribution < 1.29 is 4.79 Å². The third-order valence-corrected chi connectivity index (χ3v) is 3.54. The summed E-state index contributed by atoms with van der Waals surface area (Å²) in [6.45, 7) is 1.74. The highest BCUT2D eigenvalue weighted by atomic mass is 32.2. The number of piperidine rings is 1. The first-order chi connectivity index (χ1) is 7.81. The lowest BCUT2D eigenvalue weighted by Gasteiger charge is -2.32. The van der Waals surface area contributed by atoms with E-state index in [0.29, 0.717) is 11.7 Å². The molecule has 1 saturated heterocycles. The van der Waals surface area contributed by atoms with Gasteiger partial charge in [0, 0.05) is 30.9 Å². The largest absolute Gasteiger partial charge is 0.341 e. The second-order valence-electron chi connectivity index (χ2n) is 4.12. The number of thioether (sulfide) groups is 1. The quantitative estimate of drug-likeness (QED) is 0.869. The first kappa shape index (κ1) is 11.5. The molecule has 0 spiro atoms. The molecule has 0 radical (unpaired) electrons. The zero-order valence-corrected chi connectivity index (χ0v) is 10.3. The van der Waals surface area contributed by atoms with Crippen LogP contribution in [0.25, 0.3) is 0 Å². The molecule has 0 aliphatic carbocycles. The fourth-order valence-corrected chi connectivity index (χ4v) is 2.60. The van der Waals surface area contributed by atoms with E-state index in [2.05, 4.69) is 10.2 Å². The summed E-state index contributed by atoms with van der Waals surface area (Å²) in [5.41, 5.74) is 1.15. The molecule has 4 nitrogen and oxygen atoms in total. The van der Waals surface area contributed by atoms with E-state index in [0.717, 1.165) is 31.6 Å². The highest BCUT2D eigenvalue weighted by molar-refractivity contribution is 7.99. The summed E-state index contributed by atoms with van der Waals surface area (Å²) in [7, 11) is 0. The van der Waals surface area contributed by atoms with E-state index in [9.17, 15) is 4.79 Å². The molecular weight excluding hydrogens is 222 g/mol. The Hall–Kier alpha value is -0.970. The van der Waals surface area contributed by atoms with Gasteiger partial charge in [-0.15, -0.1) is 0 Å². The summed E-state index contributed by atoms with van der Waals surface area (Å²) in [5, 5.41) is 6.98. The Morgan fingerprint density at radius 3 is 3.31 bits per heavy atom. The van der Waals surface area contributed by atoms with E-state index in [4.69, 9.17) is 0 Å². The number of amides is 1. The standard InChI is InChI=1S/C11H17N3OS/c1-16-8-11(15)14-6-2-3-9(7-14)10-4-5-12-13-10/h4-5,9H,2-3,6-8H2,1H3,(H,12,13)/t9-/m0/s1. The fraction of sp³-hybridized carbons (Fsp3) is 0.636. The minimum absolute atomic E-state index is 0.261. The molecule has 0 unspecified atom stereocenters. The number of likely N-dealkylation sites (tertiary alicyclic amines) is 1. The van der Waals surface area contributed by atoms with Crippen molar-refractivity contribution in [2.45, 2.75) is 18.8 Å². The highest BCUT2D eigenvalue weighted by Crippen LogP contribution is 2.25. The molecule has 0 aromatic carbocycles. The van der Waals surface area contributed by atoms with Gasteiger partial charge in [-0.1, -0.05) is 0 Å². The van der Waals surface area contributed by atoms with Crippen molar-refractivity contribution in [1.82, 2.24) is 15.1 Å². The van der Waals surface area contributed by atoms with Crippen LogP contribution in [0.2, 0.25) is 0 Å². The number of carbonyl (C=O) groups is 1. The van der Waals surface area contributed by atoms with Gasteiger partial charge in [-0.05, 0) is 25.2 Å². The zero-order chi connectivity index (χ0) is 11.4. The van der Waals surface area contributed by atoms with Crippen molar-refractivity contribution in [3.63, 3.8) is 0 Å². The van der Waals surface area contributed by atoms with Gasteiger partial charge in [-0.25, -0.2) is 0 Å². The molecular formula is C11H17N3OS. The minimum atomic E-state index is 0.261. The number of carbonyl (C=O) groups excluding carboxylic acids is 1. The van der Waals surface area contributed by atoms with Gasteiger partial charge in [-0.3, -0.25) is 9.89 Å². The molecule has 1 fully saturated rings.